The summed E-state index contributed by atoms with van der Waals surface area (Å²) in [7, 11) is 5.36. The molecule has 40 nitrogen and oxygen atoms in total. The van der Waals surface area contributed by atoms with Gasteiger partial charge in [0.25, 0.3) is 0 Å². The number of imidazole rings is 1. The van der Waals surface area contributed by atoms with Crippen molar-refractivity contribution in [2.45, 2.75) is 216 Å². The summed E-state index contributed by atoms with van der Waals surface area (Å²) in [6.45, 7) is 7.70. The molecule has 5 heterocycles. The molecule has 3 aromatic heterocycles. The molecule has 20 N–H and O–H groups in total. The number of hydrogen-bond acceptors (Lipinski definition) is 20. The molecule has 0 spiro atoms. The molecule has 8 rings (SSSR count). The number of likely N-dealkylation sites (N-methyl/N-ethyl adjacent to an activating group) is 4. The van der Waals surface area contributed by atoms with Crippen molar-refractivity contribution in [3.8, 4) is 0 Å². The number of nitrogens with one attached hydrogen (secondary N) is 15. The minimum Gasteiger partial charge on any atom is -0.394 e. The molecule has 0 bridgehead atoms. The lowest BCUT2D eigenvalue weighted by Crippen LogP contribution is -2.61. The van der Waals surface area contributed by atoms with Crippen LogP contribution in [0.3, 0.4) is 0 Å². The summed E-state index contributed by atoms with van der Waals surface area (Å²) in [4.78, 5) is 253. The van der Waals surface area contributed by atoms with E-state index in [1.807, 2.05) is 13.8 Å². The molecule has 2 aliphatic heterocycles. The molecule has 0 radical (unpaired) electrons. The molecule has 16 amide bonds. The fraction of sp³-hybridized carbons (Fsp3) is 0.523. The molecule has 2 aliphatic rings. The Bertz CT molecular complexity index is 4910. The second-order valence-electron chi connectivity index (χ2n) is 33.2. The van der Waals surface area contributed by atoms with E-state index in [4.69, 9.17) is 16.9 Å². The predicted molar refractivity (Wildman–Crippen MR) is 481 cm³/mol. The summed E-state index contributed by atoms with van der Waals surface area (Å²) in [5, 5.41) is 49.8. The van der Waals surface area contributed by atoms with Crippen molar-refractivity contribution in [2.24, 2.45) is 17.4 Å². The van der Waals surface area contributed by atoms with Gasteiger partial charge in [-0.2, -0.15) is 0 Å². The summed E-state index contributed by atoms with van der Waals surface area (Å²) in [6, 6.07) is 4.22. The first-order valence-electron chi connectivity index (χ1n) is 43.5. The number of guanidine groups is 1. The molecule has 0 saturated carbocycles. The summed E-state index contributed by atoms with van der Waals surface area (Å²) in [6.07, 6.45) is 7.42. The van der Waals surface area contributed by atoms with Crippen LogP contribution in [0.5, 0.6) is 0 Å². The number of nitrogens with zero attached hydrogens (tertiary/aromatic N) is 6. The average Bonchev–Trinajstić information content (AvgIpc) is 1.69. The highest BCUT2D eigenvalue weighted by Crippen LogP contribution is 2.26. The summed E-state index contributed by atoms with van der Waals surface area (Å²) in [5.74, 6) is -15.0. The van der Waals surface area contributed by atoms with Gasteiger partial charge in [0.05, 0.1) is 31.8 Å². The zero-order chi connectivity index (χ0) is 94.3. The van der Waals surface area contributed by atoms with Gasteiger partial charge in [-0.25, -0.2) is 4.98 Å². The zero-order valence-electron chi connectivity index (χ0n) is 74.7. The van der Waals surface area contributed by atoms with E-state index in [0.29, 0.717) is 76.3 Å². The number of primary amides is 1. The summed E-state index contributed by atoms with van der Waals surface area (Å²) >= 11 is 0.828. The van der Waals surface area contributed by atoms with Crippen LogP contribution in [0.4, 0.5) is 0 Å². The number of carbonyl (C=O) groups excluding carboxylic acids is 16. The van der Waals surface area contributed by atoms with Crippen molar-refractivity contribution in [3.63, 3.8) is 0 Å². The van der Waals surface area contributed by atoms with Gasteiger partial charge in [-0.3, -0.25) is 82.1 Å². The van der Waals surface area contributed by atoms with Crippen molar-refractivity contribution < 1.29 is 81.8 Å². The number of H-pyrrole nitrogens is 3. The normalized spacial score (nSPS) is 23.8. The predicted octanol–water partition coefficient (Wildman–Crippen LogP) is -0.993. The van der Waals surface area contributed by atoms with E-state index >= 15 is 24.0 Å². The van der Waals surface area contributed by atoms with Crippen LogP contribution in [0.25, 0.3) is 21.8 Å². The van der Waals surface area contributed by atoms with Crippen LogP contribution in [-0.4, -0.2) is 301 Å². The monoisotopic (exact) mass is 1810 g/mol. The van der Waals surface area contributed by atoms with Crippen molar-refractivity contribution in [2.75, 3.05) is 72.5 Å². The number of aromatic nitrogens is 4. The number of fused-ring (bicyclic) bond motifs is 3. The fourth-order valence-corrected chi connectivity index (χ4v) is 16.4. The number of amides is 16. The lowest BCUT2D eigenvalue weighted by atomic mass is 10.00. The molecular weight excluding hydrogens is 1680 g/mol. The molecule has 41 heteroatoms. The number of thioether (sulfide) groups is 1. The highest BCUT2D eigenvalue weighted by atomic mass is 32.2. The van der Waals surface area contributed by atoms with E-state index in [9.17, 15) is 57.8 Å². The second kappa shape index (κ2) is 49.4. The number of rotatable bonds is 24. The minimum absolute atomic E-state index is 0.0113. The molecule has 13 atom stereocenters. The van der Waals surface area contributed by atoms with Gasteiger partial charge in [0.2, 0.25) is 94.5 Å². The smallest absolute Gasteiger partial charge is 0.245 e. The first-order chi connectivity index (χ1) is 61.5. The van der Waals surface area contributed by atoms with Crippen molar-refractivity contribution >= 4 is 134 Å². The number of unbranched alkanes of at least 4 members (excludes halogenated alkanes) is 2. The van der Waals surface area contributed by atoms with Crippen molar-refractivity contribution in [1.82, 2.24) is 103 Å². The molecule has 129 heavy (non-hydrogen) atoms. The first-order valence-corrected chi connectivity index (χ1v) is 44.7. The second-order valence-corrected chi connectivity index (χ2v) is 34.2. The standard InChI is InChI=1S/C88H125N23O17S/c1-11-13-31-69-81(122)101-61(30-22-34-93-88(90)91)77(118)106-68(76(117)96-44-72(89)113)47-129-48-74(115)100-65(37-53-24-16-15-17-25-53)85(126)108(8)52(6)75(116)98-51(5)83(124)111-35-23-33-70(111)82(123)102-63(40-56-43-92-49-97-56)79(120)103-64(36-50(3)4)84(125)107(7)45-73(114)99-62(38-54-41-94-59-28-20-18-26-57(54)59)78(119)105-67(46-112)80(121)104-66(39-55-42-95-60-29-21-19-27-58(55)60)86(127)110(10)71(32-14-12-2)87(128)109(69)9/h15-21,24-29,41-43,49-52,61-71,94-95,112H,11-14,22-23,30-40,44-48H2,1-10H3,(H2,89,113)(H,92,97)(H,96,117)(H,98,116)(H,99,114)(H,100,115)(H,101,122)(H,102,123)(H,103,120)(H,104,121)(H,105,119)(H,106,118)(H4,90,91,93). The van der Waals surface area contributed by atoms with Crippen LogP contribution < -0.4 is 70.0 Å². The molecule has 13 unspecified atom stereocenters. The topological polar surface area (TPSA) is 578 Å². The Kier molecular flexibility index (Phi) is 38.9. The van der Waals surface area contributed by atoms with Crippen molar-refractivity contribution in [3.05, 3.63) is 126 Å². The molecule has 700 valence electrons. The van der Waals surface area contributed by atoms with Gasteiger partial charge >= 0.3 is 0 Å². The lowest BCUT2D eigenvalue weighted by Gasteiger charge is -2.36. The van der Waals surface area contributed by atoms with Crippen LogP contribution in [0.15, 0.2) is 104 Å². The maximum Gasteiger partial charge on any atom is 0.245 e. The molecular formula is C88H125N23O17S. The fourth-order valence-electron chi connectivity index (χ4n) is 15.5. The quantitative estimate of drug-likeness (QED) is 0.0196. The van der Waals surface area contributed by atoms with Gasteiger partial charge in [-0.1, -0.05) is 120 Å². The Morgan fingerprint density at radius 1 is 0.550 bits per heavy atom. The molecule has 0 aliphatic carbocycles. The van der Waals surface area contributed by atoms with E-state index in [0.717, 1.165) is 26.5 Å². The third kappa shape index (κ3) is 29.3. The van der Waals surface area contributed by atoms with Crippen LogP contribution in [0.1, 0.15) is 135 Å². The average molecular weight is 1810 g/mol. The highest BCUT2D eigenvalue weighted by molar-refractivity contribution is 8.00. The van der Waals surface area contributed by atoms with E-state index in [1.165, 1.54) is 64.4 Å². The van der Waals surface area contributed by atoms with Crippen molar-refractivity contribution in [1.29, 1.82) is 5.41 Å². The van der Waals surface area contributed by atoms with Gasteiger partial charge in [0, 0.05) is 119 Å². The van der Waals surface area contributed by atoms with E-state index < -0.39 is 204 Å². The lowest BCUT2D eigenvalue weighted by molar-refractivity contribution is -0.149. The van der Waals surface area contributed by atoms with Gasteiger partial charge in [0.1, 0.15) is 78.5 Å². The van der Waals surface area contributed by atoms with Gasteiger partial charge < -0.3 is 115 Å². The maximum atomic E-state index is 15.7. The number of benzene rings is 3. The van der Waals surface area contributed by atoms with Gasteiger partial charge in [-0.15, -0.1) is 11.8 Å². The van der Waals surface area contributed by atoms with Gasteiger partial charge in [0.15, 0.2) is 5.96 Å². The SMILES string of the molecule is CCCCC1C(=O)N(C)C(CCCC)C(=O)NC(CCCNC(=N)N)C(=O)NC(C(=O)NCC(N)=O)CSCC(=O)NC(Cc2ccccc2)C(=O)N(C)C(C)C(=O)NC(C)C(=O)N2CCCC2C(=O)NC(Cc2cnc[nH]2)C(=O)NC(CC(C)C)C(=O)N(C)CC(=O)NC(Cc2c[nH]c3ccccc23)C(=O)NC(CO)C(=O)NC(Cc2c[nH]c3ccccc23)C(=O)N1C. The molecule has 2 fully saturated rings. The third-order valence-corrected chi connectivity index (χ3v) is 23.9. The molecule has 2 saturated heterocycles. The minimum atomic E-state index is -1.83. The number of aliphatic hydroxyl groups is 1. The number of carbonyl (C=O) groups is 16. The Morgan fingerprint density at radius 3 is 1.70 bits per heavy atom. The third-order valence-electron chi connectivity index (χ3n) is 22.8. The van der Waals surface area contributed by atoms with E-state index in [2.05, 4.69) is 78.4 Å². The number of para-hydroxylation sites is 2. The maximum absolute atomic E-state index is 15.7. The Balaban J connectivity index is 1.16. The molecule has 3 aromatic carbocycles. The van der Waals surface area contributed by atoms with Crippen LogP contribution >= 0.6 is 11.8 Å². The Morgan fingerprint density at radius 2 is 1.09 bits per heavy atom. The van der Waals surface area contributed by atoms with E-state index in [-0.39, 0.29) is 89.0 Å². The number of aromatic amines is 3. The Labute approximate surface area is 753 Å². The first kappa shape index (κ1) is 101. The van der Waals surface area contributed by atoms with Gasteiger partial charge in [-0.05, 0) is 93.5 Å². The number of nitrogens with two attached hydrogens (primary N) is 2. The number of aliphatic hydroxyl groups excluding tert-OH is 1. The van der Waals surface area contributed by atoms with E-state index in [1.54, 1.807) is 105 Å². The highest BCUT2D eigenvalue weighted by Gasteiger charge is 2.43. The number of hydrogen-bond donors (Lipinski definition) is 18. The van der Waals surface area contributed by atoms with Crippen LogP contribution in [0.2, 0.25) is 0 Å². The van der Waals surface area contributed by atoms with Crippen LogP contribution in [-0.2, 0) is 102 Å². The summed E-state index contributed by atoms with van der Waals surface area (Å²) < 4.78 is 0. The summed E-state index contributed by atoms with van der Waals surface area (Å²) in [5.41, 5.74) is 14.5. The Hall–Kier alpha value is -13.0. The van der Waals surface area contributed by atoms with Crippen LogP contribution in [0, 0.1) is 11.3 Å². The largest absolute Gasteiger partial charge is 0.394 e. The molecule has 6 aromatic rings. The zero-order valence-corrected chi connectivity index (χ0v) is 75.5.